The first-order valence-corrected chi connectivity index (χ1v) is 4.03. The van der Waals surface area contributed by atoms with Crippen LogP contribution in [0.15, 0.2) is 18.2 Å². The smallest absolute Gasteiger partial charge is 0.422 e. The van der Waals surface area contributed by atoms with Gasteiger partial charge in [0.2, 0.25) is 0 Å². The van der Waals surface area contributed by atoms with E-state index in [0.717, 1.165) is 11.1 Å². The highest BCUT2D eigenvalue weighted by Gasteiger charge is 2.14. The Kier molecular flexibility index (Phi) is 2.86. The van der Waals surface area contributed by atoms with Gasteiger partial charge in [-0.15, -0.1) is 0 Å². The zero-order chi connectivity index (χ0) is 10.7. The lowest BCUT2D eigenvalue weighted by Crippen LogP contribution is -2.19. The van der Waals surface area contributed by atoms with E-state index < -0.39 is 11.9 Å². The Bertz CT molecular complexity index is 382. The van der Waals surface area contributed by atoms with Gasteiger partial charge in [0.1, 0.15) is 5.75 Å². The number of aryl methyl sites for hydroxylation is 2. The van der Waals surface area contributed by atoms with Crippen molar-refractivity contribution >= 4 is 11.9 Å². The Hall–Kier alpha value is -1.84. The van der Waals surface area contributed by atoms with Crippen molar-refractivity contribution in [3.63, 3.8) is 0 Å². The van der Waals surface area contributed by atoms with E-state index >= 15 is 0 Å². The normalized spacial score (nSPS) is 9.57. The molecular formula is C10H10O4. The minimum atomic E-state index is -1.59. The van der Waals surface area contributed by atoms with Crippen LogP contribution in [0.5, 0.6) is 5.75 Å². The Labute approximate surface area is 81.1 Å². The lowest BCUT2D eigenvalue weighted by Gasteiger charge is -2.05. The van der Waals surface area contributed by atoms with Crippen molar-refractivity contribution in [3.05, 3.63) is 29.3 Å². The number of benzene rings is 1. The Morgan fingerprint density at radius 3 is 2.43 bits per heavy atom. The molecule has 0 radical (unpaired) electrons. The molecule has 0 bridgehead atoms. The average Bonchev–Trinajstić information content (AvgIpc) is 2.09. The average molecular weight is 194 g/mol. The first-order valence-electron chi connectivity index (χ1n) is 4.03. The van der Waals surface area contributed by atoms with E-state index in [1.54, 1.807) is 19.1 Å². The predicted molar refractivity (Wildman–Crippen MR) is 49.2 cm³/mol. The van der Waals surface area contributed by atoms with Crippen molar-refractivity contribution in [2.45, 2.75) is 13.8 Å². The Balaban J connectivity index is 2.87. The van der Waals surface area contributed by atoms with E-state index in [4.69, 9.17) is 5.11 Å². The van der Waals surface area contributed by atoms with Gasteiger partial charge in [-0.2, -0.15) is 0 Å². The highest BCUT2D eigenvalue weighted by molar-refractivity contribution is 6.29. The maximum atomic E-state index is 10.7. The van der Waals surface area contributed by atoms with E-state index in [0.29, 0.717) is 0 Å². The van der Waals surface area contributed by atoms with Crippen LogP contribution < -0.4 is 4.74 Å². The van der Waals surface area contributed by atoms with Crippen molar-refractivity contribution in [2.75, 3.05) is 0 Å². The first-order chi connectivity index (χ1) is 6.50. The highest BCUT2D eigenvalue weighted by Crippen LogP contribution is 2.18. The van der Waals surface area contributed by atoms with Crippen LogP contribution in [0, 0.1) is 13.8 Å². The quantitative estimate of drug-likeness (QED) is 0.415. The van der Waals surface area contributed by atoms with Gasteiger partial charge < -0.3 is 9.84 Å². The monoisotopic (exact) mass is 194 g/mol. The van der Waals surface area contributed by atoms with E-state index in [1.807, 2.05) is 13.0 Å². The van der Waals surface area contributed by atoms with Crippen molar-refractivity contribution in [1.82, 2.24) is 0 Å². The van der Waals surface area contributed by atoms with Crippen LogP contribution in [0.25, 0.3) is 0 Å². The lowest BCUT2D eigenvalue weighted by atomic mass is 10.1. The maximum Gasteiger partial charge on any atom is 0.422 e. The van der Waals surface area contributed by atoms with Crippen molar-refractivity contribution < 1.29 is 19.4 Å². The third-order valence-corrected chi connectivity index (χ3v) is 1.71. The molecule has 1 rings (SSSR count). The van der Waals surface area contributed by atoms with Gasteiger partial charge in [-0.05, 0) is 25.5 Å². The number of carboxylic acid groups (broad SMARTS) is 1. The molecule has 0 fully saturated rings. The summed E-state index contributed by atoms with van der Waals surface area (Å²) in [5.41, 5.74) is 1.76. The predicted octanol–water partition coefficient (Wildman–Crippen LogP) is 1.29. The summed E-state index contributed by atoms with van der Waals surface area (Å²) in [7, 11) is 0. The van der Waals surface area contributed by atoms with Gasteiger partial charge in [0, 0.05) is 0 Å². The van der Waals surface area contributed by atoms with Crippen LogP contribution in [-0.2, 0) is 9.59 Å². The van der Waals surface area contributed by atoms with Crippen LogP contribution in [-0.4, -0.2) is 17.0 Å². The molecule has 0 atom stereocenters. The summed E-state index contributed by atoms with van der Waals surface area (Å²) in [5.74, 6) is -2.58. The molecule has 4 heteroatoms. The standard InChI is InChI=1S/C10H10O4/c1-6-3-4-8(7(2)5-6)14-10(13)9(11)12/h3-5H,1-2H3,(H,11,12). The van der Waals surface area contributed by atoms with Crippen LogP contribution in [0.4, 0.5) is 0 Å². The fourth-order valence-corrected chi connectivity index (χ4v) is 1.06. The molecule has 4 nitrogen and oxygen atoms in total. The summed E-state index contributed by atoms with van der Waals surface area (Å²) in [6.45, 7) is 3.65. The third kappa shape index (κ3) is 2.32. The fourth-order valence-electron chi connectivity index (χ4n) is 1.06. The molecule has 0 aliphatic rings. The molecule has 1 N–H and O–H groups in total. The number of ether oxygens (including phenoxy) is 1. The van der Waals surface area contributed by atoms with Gasteiger partial charge in [-0.1, -0.05) is 17.7 Å². The number of hydrogen-bond acceptors (Lipinski definition) is 3. The minimum Gasteiger partial charge on any atom is -0.473 e. The van der Waals surface area contributed by atoms with E-state index in [-0.39, 0.29) is 5.75 Å². The van der Waals surface area contributed by atoms with Crippen molar-refractivity contribution in [3.8, 4) is 5.75 Å². The van der Waals surface area contributed by atoms with Gasteiger partial charge in [-0.25, -0.2) is 9.59 Å². The summed E-state index contributed by atoms with van der Waals surface area (Å²) in [5, 5.41) is 8.31. The zero-order valence-electron chi connectivity index (χ0n) is 7.90. The molecule has 0 amide bonds. The number of esters is 1. The van der Waals surface area contributed by atoms with Gasteiger partial charge >= 0.3 is 11.9 Å². The highest BCUT2D eigenvalue weighted by atomic mass is 16.6. The summed E-state index contributed by atoms with van der Waals surface area (Å²) in [6, 6.07) is 5.13. The van der Waals surface area contributed by atoms with Gasteiger partial charge in [0.25, 0.3) is 0 Å². The fraction of sp³-hybridized carbons (Fsp3) is 0.200. The van der Waals surface area contributed by atoms with Crippen molar-refractivity contribution in [1.29, 1.82) is 0 Å². The molecule has 0 aliphatic carbocycles. The molecular weight excluding hydrogens is 184 g/mol. The number of carboxylic acids is 1. The number of carbonyl (C=O) groups excluding carboxylic acids is 1. The molecule has 0 spiro atoms. The third-order valence-electron chi connectivity index (χ3n) is 1.71. The second-order valence-corrected chi connectivity index (χ2v) is 2.96. The van der Waals surface area contributed by atoms with E-state index in [2.05, 4.69) is 4.74 Å². The number of aliphatic carboxylic acids is 1. The van der Waals surface area contributed by atoms with E-state index in [9.17, 15) is 9.59 Å². The summed E-state index contributed by atoms with van der Waals surface area (Å²) >= 11 is 0. The number of hydrogen-bond donors (Lipinski definition) is 1. The lowest BCUT2D eigenvalue weighted by molar-refractivity contribution is -0.158. The van der Waals surface area contributed by atoms with Crippen LogP contribution in [0.3, 0.4) is 0 Å². The summed E-state index contributed by atoms with van der Waals surface area (Å²) in [4.78, 5) is 20.9. The number of carbonyl (C=O) groups is 2. The maximum absolute atomic E-state index is 10.7. The molecule has 0 unspecified atom stereocenters. The minimum absolute atomic E-state index is 0.281. The van der Waals surface area contributed by atoms with Gasteiger partial charge in [0.15, 0.2) is 0 Å². The molecule has 0 saturated heterocycles. The number of rotatable bonds is 1. The molecule has 74 valence electrons. The largest absolute Gasteiger partial charge is 0.473 e. The molecule has 14 heavy (non-hydrogen) atoms. The molecule has 0 aromatic heterocycles. The first kappa shape index (κ1) is 10.2. The van der Waals surface area contributed by atoms with Crippen LogP contribution in [0.2, 0.25) is 0 Å². The summed E-state index contributed by atoms with van der Waals surface area (Å²) in [6.07, 6.45) is 0. The van der Waals surface area contributed by atoms with Gasteiger partial charge in [0.05, 0.1) is 0 Å². The second-order valence-electron chi connectivity index (χ2n) is 2.96. The second kappa shape index (κ2) is 3.91. The molecule has 0 heterocycles. The van der Waals surface area contributed by atoms with Crippen LogP contribution in [0.1, 0.15) is 11.1 Å². The molecule has 1 aromatic rings. The zero-order valence-corrected chi connectivity index (χ0v) is 7.90. The Morgan fingerprint density at radius 2 is 1.93 bits per heavy atom. The molecule has 1 aromatic carbocycles. The van der Waals surface area contributed by atoms with E-state index in [1.165, 1.54) is 0 Å². The van der Waals surface area contributed by atoms with Crippen molar-refractivity contribution in [2.24, 2.45) is 0 Å². The topological polar surface area (TPSA) is 63.6 Å². The van der Waals surface area contributed by atoms with Crippen LogP contribution >= 0.6 is 0 Å². The summed E-state index contributed by atoms with van der Waals surface area (Å²) < 4.78 is 4.62. The Morgan fingerprint density at radius 1 is 1.29 bits per heavy atom. The molecule has 0 aliphatic heterocycles. The van der Waals surface area contributed by atoms with Gasteiger partial charge in [-0.3, -0.25) is 0 Å². The SMILES string of the molecule is Cc1ccc(OC(=O)C(=O)O)c(C)c1. The molecule has 0 saturated carbocycles.